The Labute approximate surface area is 165 Å². The molecule has 3 rings (SSSR count). The molecule has 0 radical (unpaired) electrons. The summed E-state index contributed by atoms with van der Waals surface area (Å²) in [6.45, 7) is 10.7. The van der Waals surface area contributed by atoms with Crippen molar-refractivity contribution in [3.8, 4) is 0 Å². The summed E-state index contributed by atoms with van der Waals surface area (Å²) in [7, 11) is 1.95. The van der Waals surface area contributed by atoms with Gasteiger partial charge in [0.15, 0.2) is 5.96 Å². The van der Waals surface area contributed by atoms with Crippen LogP contribution < -0.4 is 5.32 Å². The van der Waals surface area contributed by atoms with E-state index in [1.54, 1.807) is 0 Å². The molecule has 2 aliphatic heterocycles. The lowest BCUT2D eigenvalue weighted by molar-refractivity contribution is 0.140. The Kier molecular flexibility index (Phi) is 7.65. The summed E-state index contributed by atoms with van der Waals surface area (Å²) in [5.41, 5.74) is 0.622. The first-order valence-electron chi connectivity index (χ1n) is 9.81. The molecule has 2 heterocycles. The van der Waals surface area contributed by atoms with E-state index in [0.717, 1.165) is 18.4 Å². The van der Waals surface area contributed by atoms with E-state index >= 15 is 0 Å². The molecule has 0 aromatic rings. The molecule has 3 aliphatic rings. The lowest BCUT2D eigenvalue weighted by Gasteiger charge is -2.36. The zero-order valence-electron chi connectivity index (χ0n) is 15.9. The molecule has 1 aliphatic carbocycles. The van der Waals surface area contributed by atoms with Crippen LogP contribution in [0.15, 0.2) is 4.99 Å². The minimum atomic E-state index is 0. The van der Waals surface area contributed by atoms with Crippen molar-refractivity contribution in [2.75, 3.05) is 39.8 Å². The number of likely N-dealkylation sites (tertiary alicyclic amines) is 2. The third-order valence-electron chi connectivity index (χ3n) is 6.44. The summed E-state index contributed by atoms with van der Waals surface area (Å²) < 4.78 is 0. The molecule has 24 heavy (non-hydrogen) atoms. The van der Waals surface area contributed by atoms with Crippen molar-refractivity contribution >= 4 is 29.9 Å². The van der Waals surface area contributed by atoms with Crippen molar-refractivity contribution in [1.82, 2.24) is 15.1 Å². The van der Waals surface area contributed by atoms with Gasteiger partial charge >= 0.3 is 0 Å². The standard InChI is InChI=1S/C19H36N4.HI/c1-16(2)22-11-6-7-17(14-22)13-21-18(20-3)23-12-10-19(15-23)8-4-5-9-19;/h16-17H,4-15H2,1-3H3,(H,20,21);1H. The molecule has 1 saturated carbocycles. The van der Waals surface area contributed by atoms with E-state index in [9.17, 15) is 0 Å². The average molecular weight is 448 g/mol. The van der Waals surface area contributed by atoms with Crippen LogP contribution in [0.5, 0.6) is 0 Å². The van der Waals surface area contributed by atoms with Crippen LogP contribution in [0.25, 0.3) is 0 Å². The molecule has 1 N–H and O–H groups in total. The smallest absolute Gasteiger partial charge is 0.193 e. The Bertz CT molecular complexity index is 418. The van der Waals surface area contributed by atoms with E-state index in [1.807, 2.05) is 7.05 Å². The average Bonchev–Trinajstić information content (AvgIpc) is 3.19. The monoisotopic (exact) mass is 448 g/mol. The Morgan fingerprint density at radius 2 is 1.92 bits per heavy atom. The molecule has 0 aromatic carbocycles. The van der Waals surface area contributed by atoms with E-state index in [0.29, 0.717) is 11.5 Å². The van der Waals surface area contributed by atoms with Gasteiger partial charge in [-0.1, -0.05) is 12.8 Å². The van der Waals surface area contributed by atoms with Crippen LogP contribution in [-0.4, -0.2) is 61.6 Å². The summed E-state index contributed by atoms with van der Waals surface area (Å²) in [6.07, 6.45) is 9.82. The quantitative estimate of drug-likeness (QED) is 0.407. The van der Waals surface area contributed by atoms with E-state index in [1.165, 1.54) is 71.1 Å². The Morgan fingerprint density at radius 1 is 1.17 bits per heavy atom. The van der Waals surface area contributed by atoms with Gasteiger partial charge in [0.05, 0.1) is 0 Å². The molecule has 4 nitrogen and oxygen atoms in total. The predicted molar refractivity (Wildman–Crippen MR) is 113 cm³/mol. The molecule has 140 valence electrons. The molecular formula is C19H37IN4. The Balaban J connectivity index is 0.00000208. The molecule has 1 spiro atoms. The van der Waals surface area contributed by atoms with E-state index < -0.39 is 0 Å². The van der Waals surface area contributed by atoms with Crippen LogP contribution >= 0.6 is 24.0 Å². The largest absolute Gasteiger partial charge is 0.356 e. The second-order valence-electron chi connectivity index (χ2n) is 8.40. The first kappa shape index (κ1) is 20.3. The number of piperidine rings is 1. The molecule has 1 unspecified atom stereocenters. The summed E-state index contributed by atoms with van der Waals surface area (Å²) >= 11 is 0. The van der Waals surface area contributed by atoms with Gasteiger partial charge in [-0.05, 0) is 63.8 Å². The van der Waals surface area contributed by atoms with Crippen LogP contribution in [0.1, 0.15) is 58.8 Å². The first-order valence-corrected chi connectivity index (χ1v) is 9.81. The van der Waals surface area contributed by atoms with Gasteiger partial charge in [-0.3, -0.25) is 4.99 Å². The van der Waals surface area contributed by atoms with Crippen LogP contribution in [0, 0.1) is 11.3 Å². The normalized spacial score (nSPS) is 27.8. The van der Waals surface area contributed by atoms with Crippen molar-refractivity contribution in [1.29, 1.82) is 0 Å². The van der Waals surface area contributed by atoms with Crippen LogP contribution in [0.4, 0.5) is 0 Å². The fourth-order valence-electron chi connectivity index (χ4n) is 4.95. The molecule has 5 heteroatoms. The molecule has 0 aromatic heterocycles. The number of aliphatic imine (C=N–C) groups is 1. The lowest BCUT2D eigenvalue weighted by Crippen LogP contribution is -2.47. The van der Waals surface area contributed by atoms with E-state index in [2.05, 4.69) is 34.0 Å². The third kappa shape index (κ3) is 4.77. The zero-order chi connectivity index (χ0) is 16.3. The molecular weight excluding hydrogens is 411 g/mol. The number of rotatable bonds is 3. The highest BCUT2D eigenvalue weighted by Gasteiger charge is 2.41. The van der Waals surface area contributed by atoms with Crippen LogP contribution in [0.2, 0.25) is 0 Å². The summed E-state index contributed by atoms with van der Waals surface area (Å²) in [6, 6.07) is 0.679. The maximum Gasteiger partial charge on any atom is 0.193 e. The fraction of sp³-hybridized carbons (Fsp3) is 0.947. The summed E-state index contributed by atoms with van der Waals surface area (Å²) in [5.74, 6) is 1.92. The molecule has 0 amide bonds. The lowest BCUT2D eigenvalue weighted by atomic mass is 9.86. The zero-order valence-corrected chi connectivity index (χ0v) is 18.2. The van der Waals surface area contributed by atoms with Gasteiger partial charge < -0.3 is 15.1 Å². The van der Waals surface area contributed by atoms with E-state index in [4.69, 9.17) is 0 Å². The Hall–Kier alpha value is -0.0400. The number of nitrogens with zero attached hydrogens (tertiary/aromatic N) is 3. The molecule has 2 saturated heterocycles. The van der Waals surface area contributed by atoms with Crippen molar-refractivity contribution in [2.24, 2.45) is 16.3 Å². The predicted octanol–water partition coefficient (Wildman–Crippen LogP) is 3.57. The number of hydrogen-bond donors (Lipinski definition) is 1. The number of guanidine groups is 1. The van der Waals surface area contributed by atoms with Crippen molar-refractivity contribution in [2.45, 2.75) is 64.8 Å². The fourth-order valence-corrected chi connectivity index (χ4v) is 4.95. The number of nitrogens with one attached hydrogen (secondary N) is 1. The van der Waals surface area contributed by atoms with Crippen molar-refractivity contribution < 1.29 is 0 Å². The van der Waals surface area contributed by atoms with Gasteiger partial charge in [-0.2, -0.15) is 0 Å². The molecule has 0 bridgehead atoms. The minimum Gasteiger partial charge on any atom is -0.356 e. The topological polar surface area (TPSA) is 30.9 Å². The summed E-state index contributed by atoms with van der Waals surface area (Å²) in [5, 5.41) is 3.70. The van der Waals surface area contributed by atoms with Gasteiger partial charge in [0, 0.05) is 39.3 Å². The highest BCUT2D eigenvalue weighted by atomic mass is 127. The summed E-state index contributed by atoms with van der Waals surface area (Å²) in [4.78, 5) is 9.73. The van der Waals surface area contributed by atoms with Gasteiger partial charge in [0.2, 0.25) is 0 Å². The molecule has 1 atom stereocenters. The van der Waals surface area contributed by atoms with Crippen LogP contribution in [0.3, 0.4) is 0 Å². The van der Waals surface area contributed by atoms with Gasteiger partial charge in [0.1, 0.15) is 0 Å². The molecule has 3 fully saturated rings. The SMILES string of the molecule is CN=C(NCC1CCCN(C(C)C)C1)N1CCC2(CCCC2)C1.I. The van der Waals surface area contributed by atoms with Gasteiger partial charge in [-0.15, -0.1) is 24.0 Å². The second kappa shape index (κ2) is 9.06. The third-order valence-corrected chi connectivity index (χ3v) is 6.44. The van der Waals surface area contributed by atoms with Crippen molar-refractivity contribution in [3.05, 3.63) is 0 Å². The minimum absolute atomic E-state index is 0. The van der Waals surface area contributed by atoms with E-state index in [-0.39, 0.29) is 24.0 Å². The maximum atomic E-state index is 4.58. The highest BCUT2D eigenvalue weighted by molar-refractivity contribution is 14.0. The van der Waals surface area contributed by atoms with Gasteiger partial charge in [-0.25, -0.2) is 0 Å². The number of hydrogen-bond acceptors (Lipinski definition) is 2. The Morgan fingerprint density at radius 3 is 2.58 bits per heavy atom. The highest BCUT2D eigenvalue weighted by Crippen LogP contribution is 2.45. The second-order valence-corrected chi connectivity index (χ2v) is 8.40. The number of halogens is 1. The first-order chi connectivity index (χ1) is 11.1. The van der Waals surface area contributed by atoms with Gasteiger partial charge in [0.25, 0.3) is 0 Å². The maximum absolute atomic E-state index is 4.58. The van der Waals surface area contributed by atoms with Crippen LogP contribution in [-0.2, 0) is 0 Å². The van der Waals surface area contributed by atoms with Crippen molar-refractivity contribution in [3.63, 3.8) is 0 Å².